The molecule has 0 unspecified atom stereocenters. The third-order valence-corrected chi connectivity index (χ3v) is 5.88. The van der Waals surface area contributed by atoms with Gasteiger partial charge in [-0.25, -0.2) is 0 Å². The van der Waals surface area contributed by atoms with Gasteiger partial charge in [-0.1, -0.05) is 37.1 Å². The number of hydrogen-bond acceptors (Lipinski definition) is 2. The van der Waals surface area contributed by atoms with Gasteiger partial charge in [0.1, 0.15) is 0 Å². The Bertz CT molecular complexity index is 449. The van der Waals surface area contributed by atoms with Gasteiger partial charge in [0.05, 0.1) is 17.3 Å². The normalized spacial score (nSPS) is 42.6. The first-order valence-electron chi connectivity index (χ1n) is 8.97. The minimum absolute atomic E-state index is 0.104. The monoisotopic (exact) mass is 306 g/mol. The smallest absolute Gasteiger partial charge is 0.0921 e. The maximum atomic E-state index is 10.7. The average Bonchev–Trinajstić information content (AvgIpc) is 2.82. The van der Waals surface area contributed by atoms with Crippen molar-refractivity contribution in [3.63, 3.8) is 0 Å². The van der Waals surface area contributed by atoms with Crippen LogP contribution in [0.15, 0.2) is 23.3 Å². The molecule has 2 heterocycles. The van der Waals surface area contributed by atoms with Crippen LogP contribution in [0.4, 0.5) is 0 Å². The highest BCUT2D eigenvalue weighted by atomic mass is 16.5. The number of aliphatic hydroxyl groups excluding tert-OH is 1. The molecule has 22 heavy (non-hydrogen) atoms. The topological polar surface area (TPSA) is 29.5 Å². The summed E-state index contributed by atoms with van der Waals surface area (Å²) in [6.45, 7) is 11.0. The number of rotatable bonds is 1. The predicted molar refractivity (Wildman–Crippen MR) is 92.9 cm³/mol. The van der Waals surface area contributed by atoms with E-state index < -0.39 is 0 Å². The SMILES string of the molecule is C/C1=C/C[C@]2(C(C)C)CC[C@@](C)(O2)[C@H](O)CC/C(C)=C/CC1. The first-order chi connectivity index (χ1) is 10.3. The highest BCUT2D eigenvalue weighted by molar-refractivity contribution is 5.10. The molecule has 1 saturated heterocycles. The molecule has 126 valence electrons. The summed E-state index contributed by atoms with van der Waals surface area (Å²) < 4.78 is 6.59. The molecule has 0 amide bonds. The minimum atomic E-state index is -0.389. The standard InChI is InChI=1S/C20H34O2/c1-15(2)20-12-11-17(4)8-6-7-16(3)9-10-18(21)19(5,22-20)13-14-20/h7,11,15,18,21H,6,8-10,12-14H2,1-5H3/b16-7+,17-11-/t18-,19-,20-/m1/s1. The van der Waals surface area contributed by atoms with Crippen molar-refractivity contribution in [2.24, 2.45) is 5.92 Å². The Morgan fingerprint density at radius 1 is 1.14 bits per heavy atom. The fraction of sp³-hybridized carbons (Fsp3) is 0.800. The number of hydrogen-bond donors (Lipinski definition) is 1. The van der Waals surface area contributed by atoms with Gasteiger partial charge in [0.15, 0.2) is 0 Å². The molecule has 2 heteroatoms. The molecule has 2 bridgehead atoms. The van der Waals surface area contributed by atoms with Crippen LogP contribution in [-0.2, 0) is 4.74 Å². The second-order valence-corrected chi connectivity index (χ2v) is 8.03. The molecule has 0 aromatic carbocycles. The summed E-state index contributed by atoms with van der Waals surface area (Å²) in [5.41, 5.74) is 2.36. The van der Waals surface area contributed by atoms with Gasteiger partial charge < -0.3 is 9.84 Å². The number of fused-ring (bicyclic) bond motifs is 2. The second kappa shape index (κ2) is 6.88. The van der Waals surface area contributed by atoms with E-state index in [4.69, 9.17) is 4.74 Å². The number of ether oxygens (including phenoxy) is 1. The van der Waals surface area contributed by atoms with Crippen molar-refractivity contribution >= 4 is 0 Å². The molecule has 3 atom stereocenters. The van der Waals surface area contributed by atoms with E-state index in [0.717, 1.165) is 44.9 Å². The van der Waals surface area contributed by atoms with Crippen LogP contribution in [-0.4, -0.2) is 22.4 Å². The van der Waals surface area contributed by atoms with Crippen LogP contribution in [0.25, 0.3) is 0 Å². The Labute approximate surface area is 136 Å². The highest BCUT2D eigenvalue weighted by Crippen LogP contribution is 2.47. The molecule has 0 aromatic heterocycles. The molecule has 0 aliphatic carbocycles. The van der Waals surface area contributed by atoms with Crippen LogP contribution in [0.3, 0.4) is 0 Å². The van der Waals surface area contributed by atoms with Gasteiger partial charge in [0.2, 0.25) is 0 Å². The summed E-state index contributed by atoms with van der Waals surface area (Å²) in [5, 5.41) is 10.7. The van der Waals surface area contributed by atoms with E-state index in [2.05, 4.69) is 46.8 Å². The Balaban J connectivity index is 2.27. The van der Waals surface area contributed by atoms with E-state index in [9.17, 15) is 5.11 Å². The van der Waals surface area contributed by atoms with Crippen molar-refractivity contribution in [2.75, 3.05) is 0 Å². The summed E-state index contributed by atoms with van der Waals surface area (Å²) in [6.07, 6.45) is 11.3. The predicted octanol–water partition coefficient (Wildman–Crippen LogP) is 5.17. The van der Waals surface area contributed by atoms with Gasteiger partial charge in [-0.05, 0) is 71.6 Å². The summed E-state index contributed by atoms with van der Waals surface area (Å²) >= 11 is 0. The van der Waals surface area contributed by atoms with E-state index >= 15 is 0 Å². The van der Waals surface area contributed by atoms with Crippen LogP contribution >= 0.6 is 0 Å². The van der Waals surface area contributed by atoms with Crippen LogP contribution in [0.5, 0.6) is 0 Å². The molecule has 1 N–H and O–H groups in total. The molecule has 2 aliphatic rings. The van der Waals surface area contributed by atoms with E-state index in [0.29, 0.717) is 5.92 Å². The van der Waals surface area contributed by atoms with Gasteiger partial charge in [-0.3, -0.25) is 0 Å². The molecule has 2 nitrogen and oxygen atoms in total. The Morgan fingerprint density at radius 2 is 1.82 bits per heavy atom. The third-order valence-electron chi connectivity index (χ3n) is 5.88. The molecule has 0 radical (unpaired) electrons. The van der Waals surface area contributed by atoms with Gasteiger partial charge in [0, 0.05) is 0 Å². The van der Waals surface area contributed by atoms with Crippen LogP contribution < -0.4 is 0 Å². The van der Waals surface area contributed by atoms with Gasteiger partial charge >= 0.3 is 0 Å². The van der Waals surface area contributed by atoms with Crippen molar-refractivity contribution in [1.29, 1.82) is 0 Å². The number of allylic oxidation sites excluding steroid dienone is 3. The first kappa shape index (κ1) is 17.7. The summed E-state index contributed by atoms with van der Waals surface area (Å²) in [6, 6.07) is 0. The second-order valence-electron chi connectivity index (χ2n) is 8.03. The zero-order valence-electron chi connectivity index (χ0n) is 15.1. The lowest BCUT2D eigenvalue weighted by Gasteiger charge is -2.38. The highest BCUT2D eigenvalue weighted by Gasteiger charge is 2.50. The maximum absolute atomic E-state index is 10.7. The van der Waals surface area contributed by atoms with E-state index in [1.165, 1.54) is 11.1 Å². The van der Waals surface area contributed by atoms with Crippen LogP contribution in [0.1, 0.15) is 79.6 Å². The summed E-state index contributed by atoms with van der Waals surface area (Å²) in [7, 11) is 0. The van der Waals surface area contributed by atoms with E-state index in [-0.39, 0.29) is 17.3 Å². The van der Waals surface area contributed by atoms with E-state index in [1.54, 1.807) is 0 Å². The Hall–Kier alpha value is -0.600. The first-order valence-corrected chi connectivity index (χ1v) is 8.97. The summed E-state index contributed by atoms with van der Waals surface area (Å²) in [4.78, 5) is 0. The zero-order valence-corrected chi connectivity index (χ0v) is 15.1. The van der Waals surface area contributed by atoms with Crippen molar-refractivity contribution in [1.82, 2.24) is 0 Å². The van der Waals surface area contributed by atoms with Crippen molar-refractivity contribution in [2.45, 2.75) is 96.9 Å². The molecular weight excluding hydrogens is 272 g/mol. The average molecular weight is 306 g/mol. The molecule has 1 fully saturated rings. The van der Waals surface area contributed by atoms with Gasteiger partial charge in [-0.2, -0.15) is 0 Å². The molecule has 0 aromatic rings. The lowest BCUT2D eigenvalue weighted by molar-refractivity contribution is -0.162. The van der Waals surface area contributed by atoms with Crippen LogP contribution in [0.2, 0.25) is 0 Å². The largest absolute Gasteiger partial charge is 0.390 e. The molecule has 0 spiro atoms. The minimum Gasteiger partial charge on any atom is -0.390 e. The molecule has 2 rings (SSSR count). The number of aliphatic hydroxyl groups is 1. The van der Waals surface area contributed by atoms with Crippen molar-refractivity contribution in [3.05, 3.63) is 23.3 Å². The van der Waals surface area contributed by atoms with Crippen molar-refractivity contribution < 1.29 is 9.84 Å². The zero-order chi connectivity index (χ0) is 16.4. The molecule has 0 saturated carbocycles. The Kier molecular flexibility index (Phi) is 5.55. The van der Waals surface area contributed by atoms with Gasteiger partial charge in [0.25, 0.3) is 0 Å². The fourth-order valence-electron chi connectivity index (χ4n) is 3.81. The van der Waals surface area contributed by atoms with E-state index in [1.807, 2.05) is 0 Å². The third kappa shape index (κ3) is 3.83. The lowest BCUT2D eigenvalue weighted by atomic mass is 9.82. The lowest BCUT2D eigenvalue weighted by Crippen LogP contribution is -2.44. The fourth-order valence-corrected chi connectivity index (χ4v) is 3.81. The van der Waals surface area contributed by atoms with Crippen molar-refractivity contribution in [3.8, 4) is 0 Å². The quantitative estimate of drug-likeness (QED) is 0.677. The molecule has 2 aliphatic heterocycles. The van der Waals surface area contributed by atoms with Crippen LogP contribution in [0, 0.1) is 5.92 Å². The molecular formula is C20H34O2. The van der Waals surface area contributed by atoms with Gasteiger partial charge in [-0.15, -0.1) is 0 Å². The maximum Gasteiger partial charge on any atom is 0.0921 e. The summed E-state index contributed by atoms with van der Waals surface area (Å²) in [5.74, 6) is 0.468. The Morgan fingerprint density at radius 3 is 2.50 bits per heavy atom.